The van der Waals surface area contributed by atoms with E-state index in [0.29, 0.717) is 12.5 Å². The minimum absolute atomic E-state index is 0.449. The molecule has 2 rings (SSSR count). The standard InChI is InChI=1S/C12H19BrN4OSi/c1-19(2,3)5-4-18-8-17-7-9-11(16-17)10(13)6-15-12(9)14/h6-7H,4-5,8H2,1-3H3,(H2,14,15). The summed E-state index contributed by atoms with van der Waals surface area (Å²) < 4.78 is 8.27. The number of halogens is 1. The highest BCUT2D eigenvalue weighted by Gasteiger charge is 2.12. The normalized spacial score (nSPS) is 12.2. The van der Waals surface area contributed by atoms with Crippen LogP contribution in [0.3, 0.4) is 0 Å². The van der Waals surface area contributed by atoms with Crippen LogP contribution in [0.25, 0.3) is 10.9 Å². The minimum atomic E-state index is -1.04. The van der Waals surface area contributed by atoms with Crippen LogP contribution in [-0.2, 0) is 11.5 Å². The lowest BCUT2D eigenvalue weighted by Crippen LogP contribution is -2.22. The fourth-order valence-electron chi connectivity index (χ4n) is 1.64. The number of nitrogen functional groups attached to an aromatic ring is 1. The Balaban J connectivity index is 2.02. The van der Waals surface area contributed by atoms with E-state index in [4.69, 9.17) is 10.5 Å². The first-order valence-corrected chi connectivity index (χ1v) is 10.7. The summed E-state index contributed by atoms with van der Waals surface area (Å²) in [6, 6.07) is 1.15. The molecule has 0 bridgehead atoms. The first-order chi connectivity index (χ1) is 8.87. The molecule has 0 saturated carbocycles. The number of hydrogen-bond acceptors (Lipinski definition) is 4. The minimum Gasteiger partial charge on any atom is -0.383 e. The Bertz CT molecular complexity index is 540. The van der Waals surface area contributed by atoms with Gasteiger partial charge in [0.05, 0.1) is 9.86 Å². The van der Waals surface area contributed by atoms with Gasteiger partial charge in [-0.2, -0.15) is 5.10 Å². The van der Waals surface area contributed by atoms with Gasteiger partial charge >= 0.3 is 0 Å². The molecule has 0 aromatic carbocycles. The number of hydrogen-bond donors (Lipinski definition) is 1. The Morgan fingerprint density at radius 2 is 2.16 bits per heavy atom. The Kier molecular flexibility index (Phi) is 4.27. The van der Waals surface area contributed by atoms with Crippen molar-refractivity contribution in [1.82, 2.24) is 14.8 Å². The van der Waals surface area contributed by atoms with Crippen LogP contribution >= 0.6 is 15.9 Å². The number of nitrogens with zero attached hydrogens (tertiary/aromatic N) is 3. The van der Waals surface area contributed by atoms with Crippen molar-refractivity contribution in [2.24, 2.45) is 0 Å². The predicted octanol–water partition coefficient (Wildman–Crippen LogP) is 3.09. The van der Waals surface area contributed by atoms with Crippen molar-refractivity contribution in [2.75, 3.05) is 12.3 Å². The van der Waals surface area contributed by atoms with E-state index in [1.165, 1.54) is 0 Å². The zero-order valence-corrected chi connectivity index (χ0v) is 14.1. The van der Waals surface area contributed by atoms with Crippen LogP contribution in [0.15, 0.2) is 16.9 Å². The van der Waals surface area contributed by atoms with Crippen LogP contribution in [-0.4, -0.2) is 29.4 Å². The number of rotatable bonds is 5. The van der Waals surface area contributed by atoms with Gasteiger partial charge in [0.1, 0.15) is 18.1 Å². The predicted molar refractivity (Wildman–Crippen MR) is 83.7 cm³/mol. The Hall–Kier alpha value is -0.923. The zero-order valence-electron chi connectivity index (χ0n) is 11.5. The number of pyridine rings is 1. The van der Waals surface area contributed by atoms with Crippen molar-refractivity contribution in [1.29, 1.82) is 0 Å². The van der Waals surface area contributed by atoms with Gasteiger partial charge in [0.15, 0.2) is 0 Å². The van der Waals surface area contributed by atoms with Gasteiger partial charge in [-0.1, -0.05) is 19.6 Å². The van der Waals surface area contributed by atoms with E-state index in [0.717, 1.165) is 28.0 Å². The molecule has 104 valence electrons. The summed E-state index contributed by atoms with van der Waals surface area (Å²) in [5.74, 6) is 0.492. The lowest BCUT2D eigenvalue weighted by atomic mass is 10.3. The number of ether oxygens (including phenoxy) is 1. The third-order valence-electron chi connectivity index (χ3n) is 2.80. The molecule has 2 N–H and O–H groups in total. The molecule has 0 spiro atoms. The van der Waals surface area contributed by atoms with E-state index in [-0.39, 0.29) is 0 Å². The Labute approximate surface area is 122 Å². The van der Waals surface area contributed by atoms with Crippen molar-refractivity contribution in [3.63, 3.8) is 0 Å². The molecule has 0 amide bonds. The van der Waals surface area contributed by atoms with Crippen LogP contribution in [0.4, 0.5) is 5.82 Å². The van der Waals surface area contributed by atoms with Crippen LogP contribution < -0.4 is 5.73 Å². The van der Waals surface area contributed by atoms with Crippen LogP contribution in [0.5, 0.6) is 0 Å². The maximum atomic E-state index is 5.83. The first kappa shape index (κ1) is 14.5. The van der Waals surface area contributed by atoms with Crippen LogP contribution in [0.1, 0.15) is 0 Å². The van der Waals surface area contributed by atoms with Gasteiger partial charge in [-0.05, 0) is 22.0 Å². The van der Waals surface area contributed by atoms with Gasteiger partial charge in [0.2, 0.25) is 0 Å². The van der Waals surface area contributed by atoms with E-state index < -0.39 is 8.07 Å². The number of fused-ring (bicyclic) bond motifs is 1. The van der Waals surface area contributed by atoms with Crippen LogP contribution in [0, 0.1) is 0 Å². The Morgan fingerprint density at radius 1 is 1.42 bits per heavy atom. The molecule has 2 aromatic heterocycles. The topological polar surface area (TPSA) is 66.0 Å². The number of aromatic nitrogens is 3. The van der Waals surface area contributed by atoms with Gasteiger partial charge in [-0.25, -0.2) is 9.67 Å². The lowest BCUT2D eigenvalue weighted by molar-refractivity contribution is 0.0791. The summed E-state index contributed by atoms with van der Waals surface area (Å²) in [6.45, 7) is 8.23. The molecule has 2 heterocycles. The monoisotopic (exact) mass is 342 g/mol. The van der Waals surface area contributed by atoms with Gasteiger partial charge < -0.3 is 10.5 Å². The molecule has 5 nitrogen and oxygen atoms in total. The summed E-state index contributed by atoms with van der Waals surface area (Å²) in [5.41, 5.74) is 6.65. The van der Waals surface area contributed by atoms with E-state index in [2.05, 4.69) is 45.7 Å². The van der Waals surface area contributed by atoms with Crippen molar-refractivity contribution >= 4 is 40.7 Å². The average Bonchev–Trinajstić information content (AvgIpc) is 2.74. The second-order valence-electron chi connectivity index (χ2n) is 5.77. The molecule has 0 radical (unpaired) electrons. The highest BCUT2D eigenvalue weighted by molar-refractivity contribution is 9.10. The highest BCUT2D eigenvalue weighted by atomic mass is 79.9. The molecule has 0 fully saturated rings. The van der Waals surface area contributed by atoms with E-state index in [1.807, 2.05) is 6.20 Å². The largest absolute Gasteiger partial charge is 0.383 e. The second kappa shape index (κ2) is 5.60. The molecular formula is C12H19BrN4OSi. The summed E-state index contributed by atoms with van der Waals surface area (Å²) >= 11 is 3.42. The van der Waals surface area contributed by atoms with E-state index >= 15 is 0 Å². The van der Waals surface area contributed by atoms with E-state index in [1.54, 1.807) is 10.9 Å². The molecule has 19 heavy (non-hydrogen) atoms. The van der Waals surface area contributed by atoms with Crippen molar-refractivity contribution in [3.05, 3.63) is 16.9 Å². The molecule has 0 atom stereocenters. The van der Waals surface area contributed by atoms with Crippen molar-refractivity contribution in [2.45, 2.75) is 32.4 Å². The fraction of sp³-hybridized carbons (Fsp3) is 0.500. The molecule has 0 aliphatic heterocycles. The maximum absolute atomic E-state index is 5.83. The average molecular weight is 343 g/mol. The third kappa shape index (κ3) is 3.77. The molecule has 7 heteroatoms. The van der Waals surface area contributed by atoms with Gasteiger partial charge in [0.25, 0.3) is 0 Å². The zero-order chi connectivity index (χ0) is 14.0. The quantitative estimate of drug-likeness (QED) is 0.669. The third-order valence-corrected chi connectivity index (χ3v) is 5.09. The molecule has 0 aliphatic carbocycles. The van der Waals surface area contributed by atoms with Crippen molar-refractivity contribution in [3.8, 4) is 0 Å². The van der Waals surface area contributed by atoms with Gasteiger partial charge in [0, 0.05) is 27.1 Å². The van der Waals surface area contributed by atoms with Gasteiger partial charge in [-0.3, -0.25) is 0 Å². The molecule has 0 aliphatic rings. The lowest BCUT2D eigenvalue weighted by Gasteiger charge is -2.15. The Morgan fingerprint density at radius 3 is 2.79 bits per heavy atom. The molecule has 2 aromatic rings. The van der Waals surface area contributed by atoms with Gasteiger partial charge in [-0.15, -0.1) is 0 Å². The van der Waals surface area contributed by atoms with Crippen LogP contribution in [0.2, 0.25) is 25.7 Å². The number of nitrogens with two attached hydrogens (primary N) is 1. The number of anilines is 1. The smallest absolute Gasteiger partial charge is 0.139 e. The van der Waals surface area contributed by atoms with E-state index in [9.17, 15) is 0 Å². The summed E-state index contributed by atoms with van der Waals surface area (Å²) in [5, 5.41) is 5.29. The second-order valence-corrected chi connectivity index (χ2v) is 12.2. The summed E-state index contributed by atoms with van der Waals surface area (Å²) in [6.07, 6.45) is 3.54. The molecule has 0 unspecified atom stereocenters. The highest BCUT2D eigenvalue weighted by Crippen LogP contribution is 2.25. The van der Waals surface area contributed by atoms with Crippen molar-refractivity contribution < 1.29 is 4.74 Å². The SMILES string of the molecule is C[Si](C)(C)CCOCn1cc2c(N)ncc(Br)c2n1. The summed E-state index contributed by atoms with van der Waals surface area (Å²) in [4.78, 5) is 4.09. The first-order valence-electron chi connectivity index (χ1n) is 6.22. The molecule has 0 saturated heterocycles. The molecular weight excluding hydrogens is 324 g/mol. The summed E-state index contributed by atoms with van der Waals surface area (Å²) in [7, 11) is -1.04. The maximum Gasteiger partial charge on any atom is 0.139 e. The fourth-order valence-corrected chi connectivity index (χ4v) is 2.80.